The standard InChI is InChI=1S/C23H20N4O5/c1-31-18-8-7-17-13-27(20(28)19(17)11-18)14-23(21(29)25-22(30)26-23)10-9-15-3-5-16(6-4-15)12-24-32-2/h3-8,11-12H,13-14H2,1-2H3,(H2,25,26,29,30)/b24-12-/t23-/m1/s1. The molecule has 2 aromatic carbocycles. The van der Waals surface area contributed by atoms with E-state index in [1.807, 2.05) is 6.07 Å². The van der Waals surface area contributed by atoms with Crippen molar-refractivity contribution in [3.63, 3.8) is 0 Å². The summed E-state index contributed by atoms with van der Waals surface area (Å²) in [5.74, 6) is 5.53. The van der Waals surface area contributed by atoms with Crippen molar-refractivity contribution in [2.45, 2.75) is 12.1 Å². The minimum absolute atomic E-state index is 0.0913. The van der Waals surface area contributed by atoms with E-state index >= 15 is 0 Å². The van der Waals surface area contributed by atoms with Gasteiger partial charge in [0.15, 0.2) is 0 Å². The highest BCUT2D eigenvalue weighted by molar-refractivity contribution is 6.10. The quantitative estimate of drug-likeness (QED) is 0.320. The maximum absolute atomic E-state index is 12.9. The van der Waals surface area contributed by atoms with Crippen LogP contribution in [-0.4, -0.2) is 55.3 Å². The lowest BCUT2D eigenvalue weighted by Gasteiger charge is -2.26. The molecule has 0 aromatic heterocycles. The number of urea groups is 1. The first-order valence-corrected chi connectivity index (χ1v) is 9.74. The zero-order valence-corrected chi connectivity index (χ0v) is 17.5. The number of fused-ring (bicyclic) bond motifs is 1. The third kappa shape index (κ3) is 3.98. The second kappa shape index (κ2) is 8.43. The monoisotopic (exact) mass is 432 g/mol. The van der Waals surface area contributed by atoms with Crippen molar-refractivity contribution in [3.8, 4) is 17.6 Å². The molecule has 1 fully saturated rings. The van der Waals surface area contributed by atoms with Crippen molar-refractivity contribution < 1.29 is 24.0 Å². The number of hydrogen-bond acceptors (Lipinski definition) is 6. The fourth-order valence-corrected chi connectivity index (χ4v) is 3.56. The number of imide groups is 1. The Kier molecular flexibility index (Phi) is 5.52. The topological polar surface area (TPSA) is 109 Å². The number of ether oxygens (including phenoxy) is 1. The van der Waals surface area contributed by atoms with Crippen LogP contribution in [0, 0.1) is 11.8 Å². The van der Waals surface area contributed by atoms with Crippen LogP contribution in [-0.2, 0) is 16.2 Å². The number of oxime groups is 1. The Balaban J connectivity index is 1.60. The van der Waals surface area contributed by atoms with Gasteiger partial charge in [-0.2, -0.15) is 0 Å². The highest BCUT2D eigenvalue weighted by atomic mass is 16.6. The third-order valence-electron chi connectivity index (χ3n) is 5.20. The normalized spacial score (nSPS) is 19.3. The minimum atomic E-state index is -1.56. The summed E-state index contributed by atoms with van der Waals surface area (Å²) in [6.07, 6.45) is 1.55. The second-order valence-electron chi connectivity index (χ2n) is 7.29. The number of rotatable bonds is 5. The Morgan fingerprint density at radius 3 is 2.59 bits per heavy atom. The molecule has 4 rings (SSSR count). The SMILES string of the molecule is CO/N=C\c1ccc(C#C[C@]2(CN3Cc4ccc(OC)cc4C3=O)NC(=O)NC2=O)cc1. The second-order valence-corrected chi connectivity index (χ2v) is 7.29. The van der Waals surface area contributed by atoms with E-state index in [9.17, 15) is 14.4 Å². The molecule has 4 amide bonds. The lowest BCUT2D eigenvalue weighted by atomic mass is 9.99. The Morgan fingerprint density at radius 2 is 1.94 bits per heavy atom. The Morgan fingerprint density at radius 1 is 1.16 bits per heavy atom. The predicted octanol–water partition coefficient (Wildman–Crippen LogP) is 1.26. The van der Waals surface area contributed by atoms with E-state index in [-0.39, 0.29) is 12.5 Å². The van der Waals surface area contributed by atoms with Gasteiger partial charge >= 0.3 is 6.03 Å². The molecule has 9 nitrogen and oxygen atoms in total. The first kappa shape index (κ1) is 20.9. The molecule has 32 heavy (non-hydrogen) atoms. The number of hydrogen-bond donors (Lipinski definition) is 2. The smallest absolute Gasteiger partial charge is 0.323 e. The number of nitrogens with zero attached hydrogens (tertiary/aromatic N) is 2. The molecular weight excluding hydrogens is 412 g/mol. The molecule has 0 radical (unpaired) electrons. The van der Waals surface area contributed by atoms with E-state index in [0.29, 0.717) is 23.4 Å². The molecule has 0 bridgehead atoms. The fourth-order valence-electron chi connectivity index (χ4n) is 3.56. The van der Waals surface area contributed by atoms with Gasteiger partial charge in [-0.25, -0.2) is 4.79 Å². The molecule has 2 aliphatic rings. The molecule has 2 aromatic rings. The minimum Gasteiger partial charge on any atom is -0.497 e. The van der Waals surface area contributed by atoms with Crippen LogP contribution in [0.15, 0.2) is 47.6 Å². The van der Waals surface area contributed by atoms with Gasteiger partial charge in [-0.1, -0.05) is 35.2 Å². The van der Waals surface area contributed by atoms with Crippen LogP contribution in [0.4, 0.5) is 4.79 Å². The molecular formula is C23H20N4O5. The highest BCUT2D eigenvalue weighted by Crippen LogP contribution is 2.28. The molecule has 2 heterocycles. The third-order valence-corrected chi connectivity index (χ3v) is 5.20. The van der Waals surface area contributed by atoms with Gasteiger partial charge in [0.2, 0.25) is 5.54 Å². The molecule has 2 N–H and O–H groups in total. The predicted molar refractivity (Wildman–Crippen MR) is 115 cm³/mol. The van der Waals surface area contributed by atoms with Crippen LogP contribution < -0.4 is 15.4 Å². The van der Waals surface area contributed by atoms with Crippen molar-refractivity contribution in [1.82, 2.24) is 15.5 Å². The molecule has 1 saturated heterocycles. The number of carbonyl (C=O) groups excluding carboxylic acids is 3. The summed E-state index contributed by atoms with van der Waals surface area (Å²) in [4.78, 5) is 43.7. The summed E-state index contributed by atoms with van der Waals surface area (Å²) >= 11 is 0. The Labute approximate surface area is 184 Å². The van der Waals surface area contributed by atoms with Crippen molar-refractivity contribution in [1.29, 1.82) is 0 Å². The van der Waals surface area contributed by atoms with Gasteiger partial charge in [-0.15, -0.1) is 0 Å². The molecule has 2 aliphatic heterocycles. The zero-order valence-electron chi connectivity index (χ0n) is 17.5. The molecule has 0 aliphatic carbocycles. The summed E-state index contributed by atoms with van der Waals surface area (Å²) in [7, 11) is 2.98. The largest absolute Gasteiger partial charge is 0.497 e. The maximum atomic E-state index is 12.9. The fraction of sp³-hybridized carbons (Fsp3) is 0.217. The number of amides is 4. The van der Waals surface area contributed by atoms with Gasteiger partial charge in [-0.3, -0.25) is 14.9 Å². The lowest BCUT2D eigenvalue weighted by Crippen LogP contribution is -2.54. The number of benzene rings is 2. The van der Waals surface area contributed by atoms with Crippen LogP contribution in [0.3, 0.4) is 0 Å². The van der Waals surface area contributed by atoms with Crippen LogP contribution in [0.2, 0.25) is 0 Å². The van der Waals surface area contributed by atoms with Crippen molar-refractivity contribution >= 4 is 24.1 Å². The summed E-state index contributed by atoms with van der Waals surface area (Å²) in [6.45, 7) is 0.213. The van der Waals surface area contributed by atoms with Crippen LogP contribution >= 0.6 is 0 Å². The van der Waals surface area contributed by atoms with Gasteiger partial charge in [-0.05, 0) is 35.4 Å². The first-order valence-electron chi connectivity index (χ1n) is 9.74. The lowest BCUT2D eigenvalue weighted by molar-refractivity contribution is -0.122. The van der Waals surface area contributed by atoms with E-state index in [0.717, 1.165) is 11.1 Å². The van der Waals surface area contributed by atoms with Crippen molar-refractivity contribution in [3.05, 3.63) is 64.7 Å². The number of methoxy groups -OCH3 is 1. The van der Waals surface area contributed by atoms with Gasteiger partial charge in [0.05, 0.1) is 19.9 Å². The van der Waals surface area contributed by atoms with Gasteiger partial charge in [0, 0.05) is 17.7 Å². The maximum Gasteiger partial charge on any atom is 0.323 e. The van der Waals surface area contributed by atoms with Crippen molar-refractivity contribution in [2.75, 3.05) is 20.8 Å². The zero-order chi connectivity index (χ0) is 22.7. The number of carbonyl (C=O) groups is 3. The van der Waals surface area contributed by atoms with Gasteiger partial charge in [0.25, 0.3) is 11.8 Å². The van der Waals surface area contributed by atoms with Crippen LogP contribution in [0.5, 0.6) is 5.75 Å². The Hall–Kier alpha value is -4.32. The average molecular weight is 432 g/mol. The van der Waals surface area contributed by atoms with Gasteiger partial charge in [0.1, 0.15) is 12.9 Å². The molecule has 0 unspecified atom stereocenters. The summed E-state index contributed by atoms with van der Waals surface area (Å²) in [6, 6.07) is 11.7. The van der Waals surface area contributed by atoms with E-state index in [1.165, 1.54) is 19.1 Å². The number of nitrogens with one attached hydrogen (secondary N) is 2. The van der Waals surface area contributed by atoms with Gasteiger partial charge < -0.3 is 19.8 Å². The van der Waals surface area contributed by atoms with Crippen molar-refractivity contribution in [2.24, 2.45) is 5.16 Å². The molecule has 0 spiro atoms. The first-order chi connectivity index (χ1) is 15.4. The highest BCUT2D eigenvalue weighted by Gasteiger charge is 2.48. The molecule has 1 atom stereocenters. The van der Waals surface area contributed by atoms with E-state index < -0.39 is 17.5 Å². The molecule has 9 heteroatoms. The van der Waals surface area contributed by atoms with E-state index in [4.69, 9.17) is 4.74 Å². The summed E-state index contributed by atoms with van der Waals surface area (Å²) < 4.78 is 5.20. The summed E-state index contributed by atoms with van der Waals surface area (Å²) in [5.41, 5.74) is 1.21. The van der Waals surface area contributed by atoms with Crippen LogP contribution in [0.25, 0.3) is 0 Å². The van der Waals surface area contributed by atoms with Crippen LogP contribution in [0.1, 0.15) is 27.0 Å². The average Bonchev–Trinajstić information content (AvgIpc) is 3.26. The van der Waals surface area contributed by atoms with E-state index in [1.54, 1.807) is 42.6 Å². The molecule has 0 saturated carbocycles. The summed E-state index contributed by atoms with van der Waals surface area (Å²) in [5, 5.41) is 8.51. The Bertz CT molecular complexity index is 1180. The molecule has 162 valence electrons. The van der Waals surface area contributed by atoms with E-state index in [2.05, 4.69) is 32.5 Å².